The van der Waals surface area contributed by atoms with Crippen molar-refractivity contribution in [3.63, 3.8) is 0 Å². The number of aromatic nitrogens is 1. The van der Waals surface area contributed by atoms with Gasteiger partial charge in [-0.25, -0.2) is 0 Å². The standard InChI is InChI=1S/C17H13Cl2NO/c18-13-6-5-12(15(19)10-13)9-16(21)17-14-4-2-1-3-11(14)7-8-20-17/h1-8,10,16,21H,9H2. The van der Waals surface area contributed by atoms with Crippen molar-refractivity contribution in [2.45, 2.75) is 12.5 Å². The number of rotatable bonds is 3. The molecule has 1 unspecified atom stereocenters. The van der Waals surface area contributed by atoms with Crippen LogP contribution in [0.5, 0.6) is 0 Å². The molecule has 0 aliphatic carbocycles. The van der Waals surface area contributed by atoms with Gasteiger partial charge in [-0.3, -0.25) is 4.98 Å². The van der Waals surface area contributed by atoms with Gasteiger partial charge in [0.25, 0.3) is 0 Å². The second-order valence-electron chi connectivity index (χ2n) is 4.87. The molecule has 3 rings (SSSR count). The molecule has 1 heterocycles. The summed E-state index contributed by atoms with van der Waals surface area (Å²) in [6.45, 7) is 0. The lowest BCUT2D eigenvalue weighted by atomic mass is 10.0. The van der Waals surface area contributed by atoms with Gasteiger partial charge in [-0.15, -0.1) is 0 Å². The molecule has 2 aromatic carbocycles. The SMILES string of the molecule is OC(Cc1ccc(Cl)cc1Cl)c1nccc2ccccc12. The highest BCUT2D eigenvalue weighted by molar-refractivity contribution is 6.35. The van der Waals surface area contributed by atoms with Crippen LogP contribution in [0.2, 0.25) is 10.0 Å². The van der Waals surface area contributed by atoms with E-state index < -0.39 is 6.10 Å². The van der Waals surface area contributed by atoms with Gasteiger partial charge < -0.3 is 5.11 Å². The first-order chi connectivity index (χ1) is 10.1. The molecule has 3 aromatic rings. The van der Waals surface area contributed by atoms with Crippen molar-refractivity contribution in [2.75, 3.05) is 0 Å². The van der Waals surface area contributed by atoms with Gasteiger partial charge >= 0.3 is 0 Å². The largest absolute Gasteiger partial charge is 0.386 e. The third kappa shape index (κ3) is 3.03. The van der Waals surface area contributed by atoms with Crippen molar-refractivity contribution in [1.82, 2.24) is 4.98 Å². The van der Waals surface area contributed by atoms with Crippen molar-refractivity contribution in [2.24, 2.45) is 0 Å². The molecular weight excluding hydrogens is 305 g/mol. The molecule has 2 nitrogen and oxygen atoms in total. The van der Waals surface area contributed by atoms with Crippen LogP contribution in [0.1, 0.15) is 17.4 Å². The summed E-state index contributed by atoms with van der Waals surface area (Å²) in [4.78, 5) is 4.33. The van der Waals surface area contributed by atoms with E-state index in [1.807, 2.05) is 36.4 Å². The van der Waals surface area contributed by atoms with E-state index in [0.29, 0.717) is 22.2 Å². The van der Waals surface area contributed by atoms with Gasteiger partial charge in [-0.1, -0.05) is 53.5 Å². The van der Waals surface area contributed by atoms with Crippen molar-refractivity contribution < 1.29 is 5.11 Å². The average Bonchev–Trinajstić information content (AvgIpc) is 2.49. The van der Waals surface area contributed by atoms with Crippen LogP contribution in [0.25, 0.3) is 10.8 Å². The Morgan fingerprint density at radius 3 is 2.67 bits per heavy atom. The topological polar surface area (TPSA) is 33.1 Å². The Labute approximate surface area is 133 Å². The van der Waals surface area contributed by atoms with E-state index in [1.54, 1.807) is 18.3 Å². The lowest BCUT2D eigenvalue weighted by molar-refractivity contribution is 0.175. The Morgan fingerprint density at radius 1 is 1.05 bits per heavy atom. The van der Waals surface area contributed by atoms with Crippen molar-refractivity contribution in [1.29, 1.82) is 0 Å². The molecule has 1 aromatic heterocycles. The van der Waals surface area contributed by atoms with Crippen LogP contribution in [-0.2, 0) is 6.42 Å². The summed E-state index contributed by atoms with van der Waals surface area (Å²) < 4.78 is 0. The second-order valence-corrected chi connectivity index (χ2v) is 5.72. The lowest BCUT2D eigenvalue weighted by Gasteiger charge is -2.13. The average molecular weight is 318 g/mol. The van der Waals surface area contributed by atoms with Crippen LogP contribution in [0.15, 0.2) is 54.7 Å². The predicted molar refractivity (Wildman–Crippen MR) is 86.9 cm³/mol. The number of benzene rings is 2. The minimum atomic E-state index is -0.713. The maximum atomic E-state index is 10.5. The van der Waals surface area contributed by atoms with Gasteiger partial charge in [0.15, 0.2) is 0 Å². The summed E-state index contributed by atoms with van der Waals surface area (Å²) in [6, 6.07) is 15.1. The van der Waals surface area contributed by atoms with Crippen LogP contribution < -0.4 is 0 Å². The van der Waals surface area contributed by atoms with Crippen molar-refractivity contribution in [3.05, 3.63) is 76.0 Å². The summed E-state index contributed by atoms with van der Waals surface area (Å²) >= 11 is 12.1. The number of halogens is 2. The van der Waals surface area contributed by atoms with E-state index in [9.17, 15) is 5.11 Å². The third-order valence-corrected chi connectivity index (χ3v) is 4.04. The molecule has 1 N–H and O–H groups in total. The minimum Gasteiger partial charge on any atom is -0.386 e. The molecule has 0 saturated heterocycles. The van der Waals surface area contributed by atoms with Gasteiger partial charge in [0, 0.05) is 28.0 Å². The number of aliphatic hydroxyl groups is 1. The van der Waals surface area contributed by atoms with Crippen LogP contribution in [0, 0.1) is 0 Å². The monoisotopic (exact) mass is 317 g/mol. The fourth-order valence-electron chi connectivity index (χ4n) is 2.40. The summed E-state index contributed by atoms with van der Waals surface area (Å²) in [6.07, 6.45) is 1.40. The summed E-state index contributed by atoms with van der Waals surface area (Å²) in [5, 5.41) is 13.7. The Bertz CT molecular complexity index is 783. The summed E-state index contributed by atoms with van der Waals surface area (Å²) in [5.41, 5.74) is 1.52. The Morgan fingerprint density at radius 2 is 1.86 bits per heavy atom. The van der Waals surface area contributed by atoms with Crippen LogP contribution >= 0.6 is 23.2 Å². The number of aliphatic hydroxyl groups excluding tert-OH is 1. The smallest absolute Gasteiger partial charge is 0.101 e. The number of nitrogens with zero attached hydrogens (tertiary/aromatic N) is 1. The number of fused-ring (bicyclic) bond motifs is 1. The molecule has 0 saturated carbocycles. The third-order valence-electron chi connectivity index (χ3n) is 3.45. The molecule has 0 amide bonds. The summed E-state index contributed by atoms with van der Waals surface area (Å²) in [7, 11) is 0. The molecule has 0 radical (unpaired) electrons. The predicted octanol–water partition coefficient (Wildman–Crippen LogP) is 4.82. The van der Waals surface area contributed by atoms with Crippen molar-refractivity contribution >= 4 is 34.0 Å². The van der Waals surface area contributed by atoms with Gasteiger partial charge in [0.05, 0.1) is 5.69 Å². The Kier molecular flexibility index (Phi) is 4.11. The summed E-state index contributed by atoms with van der Waals surface area (Å²) in [5.74, 6) is 0. The molecule has 0 fully saturated rings. The quantitative estimate of drug-likeness (QED) is 0.751. The van der Waals surface area contributed by atoms with Gasteiger partial charge in [-0.05, 0) is 29.1 Å². The van der Waals surface area contributed by atoms with Crippen molar-refractivity contribution in [3.8, 4) is 0 Å². The molecule has 0 bridgehead atoms. The number of pyridine rings is 1. The molecule has 1 atom stereocenters. The van der Waals surface area contributed by atoms with E-state index in [1.165, 1.54) is 0 Å². The highest BCUT2D eigenvalue weighted by Gasteiger charge is 2.15. The first-order valence-electron chi connectivity index (χ1n) is 6.61. The number of hydrogen-bond acceptors (Lipinski definition) is 2. The second kappa shape index (κ2) is 6.02. The zero-order valence-electron chi connectivity index (χ0n) is 11.1. The maximum absolute atomic E-state index is 10.5. The number of hydrogen-bond donors (Lipinski definition) is 1. The van der Waals surface area contributed by atoms with Crippen LogP contribution in [0.3, 0.4) is 0 Å². The van der Waals surface area contributed by atoms with E-state index in [0.717, 1.165) is 16.3 Å². The van der Waals surface area contributed by atoms with Crippen LogP contribution in [0.4, 0.5) is 0 Å². The Balaban J connectivity index is 1.95. The zero-order chi connectivity index (χ0) is 14.8. The molecule has 0 aliphatic rings. The van der Waals surface area contributed by atoms with Crippen LogP contribution in [-0.4, -0.2) is 10.1 Å². The minimum absolute atomic E-state index is 0.400. The Hall–Kier alpha value is -1.61. The van der Waals surface area contributed by atoms with E-state index in [-0.39, 0.29) is 0 Å². The highest BCUT2D eigenvalue weighted by atomic mass is 35.5. The van der Waals surface area contributed by atoms with Gasteiger partial charge in [-0.2, -0.15) is 0 Å². The van der Waals surface area contributed by atoms with E-state index in [2.05, 4.69) is 4.98 Å². The normalized spacial score (nSPS) is 12.5. The van der Waals surface area contributed by atoms with E-state index >= 15 is 0 Å². The molecule has 21 heavy (non-hydrogen) atoms. The lowest BCUT2D eigenvalue weighted by Crippen LogP contribution is -2.05. The molecule has 106 valence electrons. The first-order valence-corrected chi connectivity index (χ1v) is 7.36. The molecule has 4 heteroatoms. The zero-order valence-corrected chi connectivity index (χ0v) is 12.6. The molecular formula is C17H13Cl2NO. The molecule has 0 aliphatic heterocycles. The van der Waals surface area contributed by atoms with Gasteiger partial charge in [0.1, 0.15) is 6.10 Å². The maximum Gasteiger partial charge on any atom is 0.101 e. The molecule has 0 spiro atoms. The van der Waals surface area contributed by atoms with Gasteiger partial charge in [0.2, 0.25) is 0 Å². The fraction of sp³-hybridized carbons (Fsp3) is 0.118. The first kappa shape index (κ1) is 14.3. The highest BCUT2D eigenvalue weighted by Crippen LogP contribution is 2.28. The van der Waals surface area contributed by atoms with E-state index in [4.69, 9.17) is 23.2 Å². The fourth-order valence-corrected chi connectivity index (χ4v) is 2.89.